The number of methoxy groups -OCH3 is 1. The fourth-order valence-corrected chi connectivity index (χ4v) is 3.44. The molecule has 0 radical (unpaired) electrons. The largest absolute Gasteiger partial charge is 0.508 e. The van der Waals surface area contributed by atoms with Crippen molar-refractivity contribution in [2.45, 2.75) is 52.0 Å². The van der Waals surface area contributed by atoms with Crippen molar-refractivity contribution in [3.8, 4) is 11.5 Å². The Hall–Kier alpha value is -1.22. The molecule has 1 aliphatic carbocycles. The Labute approximate surface area is 128 Å². The summed E-state index contributed by atoms with van der Waals surface area (Å²) in [5.74, 6) is 2.88. The van der Waals surface area contributed by atoms with Gasteiger partial charge in [0.1, 0.15) is 11.5 Å². The molecule has 0 saturated heterocycles. The number of phenolic OH excluding ortho intramolecular Hbond substituents is 1. The molecular formula is C18H29NO2. The van der Waals surface area contributed by atoms with Gasteiger partial charge < -0.3 is 15.2 Å². The van der Waals surface area contributed by atoms with Crippen molar-refractivity contribution in [2.24, 2.45) is 11.8 Å². The van der Waals surface area contributed by atoms with Crippen LogP contribution in [0.4, 0.5) is 0 Å². The first kappa shape index (κ1) is 16.2. The van der Waals surface area contributed by atoms with E-state index in [0.29, 0.717) is 5.75 Å². The molecule has 1 aliphatic rings. The third kappa shape index (κ3) is 4.63. The molecule has 3 unspecified atom stereocenters. The van der Waals surface area contributed by atoms with Gasteiger partial charge in [0.2, 0.25) is 0 Å². The zero-order chi connectivity index (χ0) is 15.2. The van der Waals surface area contributed by atoms with Gasteiger partial charge in [-0.2, -0.15) is 0 Å². The van der Waals surface area contributed by atoms with Crippen LogP contribution in [0.15, 0.2) is 18.2 Å². The first-order valence-corrected chi connectivity index (χ1v) is 8.20. The number of aromatic hydroxyl groups is 1. The van der Waals surface area contributed by atoms with Crippen molar-refractivity contribution in [2.75, 3.05) is 13.7 Å². The van der Waals surface area contributed by atoms with Gasteiger partial charge in [-0.05, 0) is 56.3 Å². The molecule has 0 amide bonds. The fraction of sp³-hybridized carbons (Fsp3) is 0.667. The van der Waals surface area contributed by atoms with Crippen molar-refractivity contribution in [3.05, 3.63) is 23.8 Å². The Morgan fingerprint density at radius 3 is 2.90 bits per heavy atom. The van der Waals surface area contributed by atoms with Gasteiger partial charge in [0, 0.05) is 11.6 Å². The number of hydrogen-bond donors (Lipinski definition) is 2. The van der Waals surface area contributed by atoms with Crippen LogP contribution >= 0.6 is 0 Å². The number of nitrogens with one attached hydrogen (secondary N) is 1. The second-order valence-corrected chi connectivity index (χ2v) is 6.53. The first-order chi connectivity index (χ1) is 10.1. The molecule has 0 aliphatic heterocycles. The third-order valence-corrected chi connectivity index (χ3v) is 4.75. The van der Waals surface area contributed by atoms with E-state index in [1.807, 2.05) is 6.07 Å². The highest BCUT2D eigenvalue weighted by Gasteiger charge is 2.19. The van der Waals surface area contributed by atoms with Gasteiger partial charge in [0.25, 0.3) is 0 Å². The number of rotatable bonds is 6. The highest BCUT2D eigenvalue weighted by Crippen LogP contribution is 2.31. The van der Waals surface area contributed by atoms with Crippen LogP contribution < -0.4 is 10.1 Å². The molecule has 0 spiro atoms. The standard InChI is InChI=1S/C18H29NO2/c1-13-5-4-6-15(11-13)9-10-19-14(2)17-12-16(21-3)7-8-18(17)20/h7-8,12-15,19-20H,4-6,9-11H2,1-3H3. The van der Waals surface area contributed by atoms with Crippen molar-refractivity contribution in [3.63, 3.8) is 0 Å². The summed E-state index contributed by atoms with van der Waals surface area (Å²) in [4.78, 5) is 0. The minimum Gasteiger partial charge on any atom is -0.508 e. The third-order valence-electron chi connectivity index (χ3n) is 4.75. The van der Waals surface area contributed by atoms with Crippen LogP contribution in [0.25, 0.3) is 0 Å². The zero-order valence-corrected chi connectivity index (χ0v) is 13.6. The molecule has 2 rings (SSSR count). The highest BCUT2D eigenvalue weighted by atomic mass is 16.5. The Kier molecular flexibility index (Phi) is 5.92. The second kappa shape index (κ2) is 7.69. The molecular weight excluding hydrogens is 262 g/mol. The number of benzene rings is 1. The highest BCUT2D eigenvalue weighted by molar-refractivity contribution is 5.41. The Morgan fingerprint density at radius 2 is 2.19 bits per heavy atom. The van der Waals surface area contributed by atoms with Crippen LogP contribution in [0.2, 0.25) is 0 Å². The van der Waals surface area contributed by atoms with Crippen LogP contribution in [-0.2, 0) is 0 Å². The van der Waals surface area contributed by atoms with Gasteiger partial charge in [-0.15, -0.1) is 0 Å². The molecule has 0 heterocycles. The molecule has 1 fully saturated rings. The topological polar surface area (TPSA) is 41.5 Å². The molecule has 1 aromatic carbocycles. The van der Waals surface area contributed by atoms with E-state index >= 15 is 0 Å². The van der Waals surface area contributed by atoms with Crippen LogP contribution in [0.1, 0.15) is 57.6 Å². The molecule has 21 heavy (non-hydrogen) atoms. The molecule has 1 saturated carbocycles. The molecule has 3 nitrogen and oxygen atoms in total. The van der Waals surface area contributed by atoms with Crippen LogP contribution in [-0.4, -0.2) is 18.8 Å². The van der Waals surface area contributed by atoms with E-state index in [4.69, 9.17) is 4.74 Å². The molecule has 118 valence electrons. The molecule has 2 N–H and O–H groups in total. The van der Waals surface area contributed by atoms with Crippen molar-refractivity contribution < 1.29 is 9.84 Å². The maximum Gasteiger partial charge on any atom is 0.120 e. The maximum absolute atomic E-state index is 9.99. The summed E-state index contributed by atoms with van der Waals surface area (Å²) >= 11 is 0. The van der Waals surface area contributed by atoms with E-state index in [9.17, 15) is 5.11 Å². The quantitative estimate of drug-likeness (QED) is 0.822. The van der Waals surface area contributed by atoms with E-state index < -0.39 is 0 Å². The lowest BCUT2D eigenvalue weighted by Gasteiger charge is -2.27. The molecule has 3 atom stereocenters. The zero-order valence-electron chi connectivity index (χ0n) is 13.6. The molecule has 0 aromatic heterocycles. The number of ether oxygens (including phenoxy) is 1. The Balaban J connectivity index is 1.82. The lowest BCUT2D eigenvalue weighted by molar-refractivity contribution is 0.265. The fourth-order valence-electron chi connectivity index (χ4n) is 3.44. The van der Waals surface area contributed by atoms with Gasteiger partial charge in [0.15, 0.2) is 0 Å². The molecule has 1 aromatic rings. The minimum atomic E-state index is 0.140. The predicted octanol–water partition coefficient (Wildman–Crippen LogP) is 4.27. The summed E-state index contributed by atoms with van der Waals surface area (Å²) in [6, 6.07) is 5.54. The van der Waals surface area contributed by atoms with Crippen LogP contribution in [0.3, 0.4) is 0 Å². The van der Waals surface area contributed by atoms with Gasteiger partial charge >= 0.3 is 0 Å². The number of hydrogen-bond acceptors (Lipinski definition) is 3. The van der Waals surface area contributed by atoms with E-state index in [2.05, 4.69) is 19.2 Å². The van der Waals surface area contributed by atoms with Gasteiger partial charge in [-0.25, -0.2) is 0 Å². The first-order valence-electron chi connectivity index (χ1n) is 8.20. The molecule has 3 heteroatoms. The van der Waals surface area contributed by atoms with Gasteiger partial charge in [-0.3, -0.25) is 0 Å². The maximum atomic E-state index is 9.99. The van der Waals surface area contributed by atoms with Crippen LogP contribution in [0.5, 0.6) is 11.5 Å². The minimum absolute atomic E-state index is 0.140. The average molecular weight is 291 g/mol. The average Bonchev–Trinajstić information content (AvgIpc) is 2.47. The summed E-state index contributed by atoms with van der Waals surface area (Å²) in [6.45, 7) is 5.48. The summed E-state index contributed by atoms with van der Waals surface area (Å²) in [6.07, 6.45) is 6.78. The van der Waals surface area contributed by atoms with Gasteiger partial charge in [-0.1, -0.05) is 26.2 Å². The SMILES string of the molecule is COc1ccc(O)c(C(C)NCCC2CCCC(C)C2)c1. The molecule has 0 bridgehead atoms. The Bertz CT molecular complexity index is 447. The smallest absolute Gasteiger partial charge is 0.120 e. The summed E-state index contributed by atoms with van der Waals surface area (Å²) in [7, 11) is 1.65. The van der Waals surface area contributed by atoms with Crippen molar-refractivity contribution >= 4 is 0 Å². The van der Waals surface area contributed by atoms with Crippen molar-refractivity contribution in [1.29, 1.82) is 0 Å². The van der Waals surface area contributed by atoms with E-state index in [1.165, 1.54) is 32.1 Å². The monoisotopic (exact) mass is 291 g/mol. The Morgan fingerprint density at radius 1 is 1.38 bits per heavy atom. The van der Waals surface area contributed by atoms with E-state index in [0.717, 1.165) is 29.7 Å². The van der Waals surface area contributed by atoms with E-state index in [-0.39, 0.29) is 6.04 Å². The lowest BCUT2D eigenvalue weighted by atomic mass is 9.81. The normalized spacial score (nSPS) is 23.8. The summed E-state index contributed by atoms with van der Waals surface area (Å²) < 4.78 is 5.23. The van der Waals surface area contributed by atoms with Crippen LogP contribution in [0, 0.1) is 11.8 Å². The lowest BCUT2D eigenvalue weighted by Crippen LogP contribution is -2.24. The number of phenols is 1. The van der Waals surface area contributed by atoms with E-state index in [1.54, 1.807) is 19.2 Å². The second-order valence-electron chi connectivity index (χ2n) is 6.53. The summed E-state index contributed by atoms with van der Waals surface area (Å²) in [5.41, 5.74) is 0.909. The predicted molar refractivity (Wildman–Crippen MR) is 86.8 cm³/mol. The van der Waals surface area contributed by atoms with Crippen molar-refractivity contribution in [1.82, 2.24) is 5.32 Å². The van der Waals surface area contributed by atoms with Gasteiger partial charge in [0.05, 0.1) is 7.11 Å². The summed E-state index contributed by atoms with van der Waals surface area (Å²) in [5, 5.41) is 13.5.